The zero-order valence-electron chi connectivity index (χ0n) is 12.3. The zero-order valence-corrected chi connectivity index (χ0v) is 12.3. The Hall–Kier alpha value is -1.88. The monoisotopic (exact) mass is 287 g/mol. The van der Waals surface area contributed by atoms with Crippen molar-refractivity contribution in [3.63, 3.8) is 0 Å². The first kappa shape index (κ1) is 14.1. The van der Waals surface area contributed by atoms with Crippen molar-refractivity contribution in [2.45, 2.75) is 38.6 Å². The van der Waals surface area contributed by atoms with Crippen molar-refractivity contribution in [1.29, 1.82) is 0 Å². The highest BCUT2D eigenvalue weighted by Gasteiger charge is 2.30. The molecule has 1 saturated carbocycles. The van der Waals surface area contributed by atoms with E-state index < -0.39 is 0 Å². The molecule has 1 aliphatic rings. The van der Waals surface area contributed by atoms with E-state index in [2.05, 4.69) is 4.98 Å². The van der Waals surface area contributed by atoms with Crippen LogP contribution in [0.5, 0.6) is 0 Å². The molecule has 0 aromatic carbocycles. The minimum absolute atomic E-state index is 0.0174. The predicted molar refractivity (Wildman–Crippen MR) is 80.3 cm³/mol. The quantitative estimate of drug-likeness (QED) is 0.915. The Morgan fingerprint density at radius 3 is 2.90 bits per heavy atom. The summed E-state index contributed by atoms with van der Waals surface area (Å²) in [6.07, 6.45) is 5.73. The molecule has 0 bridgehead atoms. The Balaban J connectivity index is 1.87. The number of amides is 1. The van der Waals surface area contributed by atoms with Gasteiger partial charge in [-0.15, -0.1) is 0 Å². The number of aryl methyl sites for hydroxylation is 1. The molecule has 0 aliphatic heterocycles. The number of hydrogen-bond donors (Lipinski definition) is 1. The van der Waals surface area contributed by atoms with Crippen molar-refractivity contribution in [3.05, 3.63) is 35.8 Å². The molecule has 0 unspecified atom stereocenters. The van der Waals surface area contributed by atoms with Gasteiger partial charge in [0, 0.05) is 31.1 Å². The van der Waals surface area contributed by atoms with Crippen LogP contribution in [0.1, 0.15) is 41.9 Å². The molecule has 1 N–H and O–H groups in total. The fourth-order valence-corrected chi connectivity index (χ4v) is 2.79. The summed E-state index contributed by atoms with van der Waals surface area (Å²) in [6.45, 7) is 2.71. The molecule has 2 heterocycles. The highest BCUT2D eigenvalue weighted by atomic mass is 16.3. The second-order valence-corrected chi connectivity index (χ2v) is 5.68. The summed E-state index contributed by atoms with van der Waals surface area (Å²) < 4.78 is 1.94. The second-order valence-electron chi connectivity index (χ2n) is 5.68. The summed E-state index contributed by atoms with van der Waals surface area (Å²) in [5.41, 5.74) is 2.35. The Morgan fingerprint density at radius 1 is 1.48 bits per heavy atom. The van der Waals surface area contributed by atoms with E-state index in [1.54, 1.807) is 0 Å². The van der Waals surface area contributed by atoms with Crippen LogP contribution in [0, 0.1) is 6.92 Å². The lowest BCUT2D eigenvalue weighted by Gasteiger charge is -2.37. The van der Waals surface area contributed by atoms with Crippen LogP contribution in [0.15, 0.2) is 24.4 Å². The van der Waals surface area contributed by atoms with Gasteiger partial charge < -0.3 is 14.4 Å². The summed E-state index contributed by atoms with van der Waals surface area (Å²) in [7, 11) is 0. The van der Waals surface area contributed by atoms with Crippen molar-refractivity contribution in [3.8, 4) is 0 Å². The van der Waals surface area contributed by atoms with Crippen LogP contribution >= 0.6 is 0 Å². The smallest absolute Gasteiger partial charge is 0.274 e. The van der Waals surface area contributed by atoms with E-state index in [9.17, 15) is 4.79 Å². The van der Waals surface area contributed by atoms with E-state index in [1.165, 1.54) is 6.42 Å². The van der Waals surface area contributed by atoms with Crippen LogP contribution in [0.25, 0.3) is 5.65 Å². The Bertz CT molecular complexity index is 646. The molecule has 112 valence electrons. The Labute approximate surface area is 124 Å². The van der Waals surface area contributed by atoms with Crippen molar-refractivity contribution < 1.29 is 9.90 Å². The van der Waals surface area contributed by atoms with E-state index in [0.717, 1.165) is 24.2 Å². The van der Waals surface area contributed by atoms with Gasteiger partial charge in [0.2, 0.25) is 0 Å². The standard InChI is InChI=1S/C16H21N3O2/c1-12-5-2-8-15-17-14(11-19(12)15)16(21)18(9-4-10-20)13-6-3-7-13/h2,5,8,11,13,20H,3-4,6-7,9-10H2,1H3. The molecule has 5 nitrogen and oxygen atoms in total. The molecule has 0 spiro atoms. The number of fused-ring (bicyclic) bond motifs is 1. The summed E-state index contributed by atoms with van der Waals surface area (Å²) in [5.74, 6) is -0.0174. The minimum atomic E-state index is -0.0174. The fraction of sp³-hybridized carbons (Fsp3) is 0.500. The van der Waals surface area contributed by atoms with Gasteiger partial charge in [-0.25, -0.2) is 4.98 Å². The molecule has 1 aliphatic carbocycles. The number of aromatic nitrogens is 2. The third kappa shape index (κ3) is 2.65. The van der Waals surface area contributed by atoms with Gasteiger partial charge in [0.05, 0.1) is 0 Å². The number of hydrogen-bond acceptors (Lipinski definition) is 3. The van der Waals surface area contributed by atoms with Crippen LogP contribution in [0.3, 0.4) is 0 Å². The van der Waals surface area contributed by atoms with Crippen LogP contribution in [-0.4, -0.2) is 44.5 Å². The van der Waals surface area contributed by atoms with E-state index in [4.69, 9.17) is 5.11 Å². The number of nitrogens with zero attached hydrogens (tertiary/aromatic N) is 3. The molecule has 1 fully saturated rings. The maximum absolute atomic E-state index is 12.7. The molecular weight excluding hydrogens is 266 g/mol. The first-order valence-electron chi connectivity index (χ1n) is 7.57. The third-order valence-electron chi connectivity index (χ3n) is 4.25. The molecular formula is C16H21N3O2. The van der Waals surface area contributed by atoms with E-state index in [1.807, 2.05) is 40.6 Å². The number of imidazole rings is 1. The lowest BCUT2D eigenvalue weighted by Crippen LogP contribution is -2.45. The first-order chi connectivity index (χ1) is 10.2. The fourth-order valence-electron chi connectivity index (χ4n) is 2.79. The minimum Gasteiger partial charge on any atom is -0.396 e. The van der Waals surface area contributed by atoms with Crippen molar-refractivity contribution >= 4 is 11.6 Å². The highest BCUT2D eigenvalue weighted by molar-refractivity contribution is 5.93. The molecule has 0 saturated heterocycles. The summed E-state index contributed by atoms with van der Waals surface area (Å²) in [5, 5.41) is 9.03. The van der Waals surface area contributed by atoms with Crippen LogP contribution < -0.4 is 0 Å². The molecule has 0 atom stereocenters. The van der Waals surface area contributed by atoms with Crippen molar-refractivity contribution in [2.24, 2.45) is 0 Å². The van der Waals surface area contributed by atoms with Crippen molar-refractivity contribution in [1.82, 2.24) is 14.3 Å². The molecule has 2 aromatic rings. The molecule has 21 heavy (non-hydrogen) atoms. The van der Waals surface area contributed by atoms with E-state index in [-0.39, 0.29) is 12.5 Å². The molecule has 0 radical (unpaired) electrons. The molecule has 2 aromatic heterocycles. The zero-order chi connectivity index (χ0) is 14.8. The number of carbonyl (C=O) groups is 1. The average molecular weight is 287 g/mol. The topological polar surface area (TPSA) is 57.8 Å². The number of rotatable bonds is 5. The lowest BCUT2D eigenvalue weighted by molar-refractivity contribution is 0.0557. The van der Waals surface area contributed by atoms with Gasteiger partial charge in [-0.2, -0.15) is 0 Å². The first-order valence-corrected chi connectivity index (χ1v) is 7.57. The number of carbonyl (C=O) groups excluding carboxylic acids is 1. The van der Waals surface area contributed by atoms with Gasteiger partial charge in [0.1, 0.15) is 11.3 Å². The maximum atomic E-state index is 12.7. The largest absolute Gasteiger partial charge is 0.396 e. The number of aliphatic hydroxyl groups excluding tert-OH is 1. The van der Waals surface area contributed by atoms with Gasteiger partial charge >= 0.3 is 0 Å². The average Bonchev–Trinajstić information content (AvgIpc) is 2.86. The van der Waals surface area contributed by atoms with Gasteiger partial charge in [-0.05, 0) is 44.7 Å². The van der Waals surface area contributed by atoms with Crippen LogP contribution in [0.4, 0.5) is 0 Å². The van der Waals surface area contributed by atoms with Gasteiger partial charge in [0.25, 0.3) is 5.91 Å². The molecule has 5 heteroatoms. The summed E-state index contributed by atoms with van der Waals surface area (Å²) in [4.78, 5) is 19.1. The summed E-state index contributed by atoms with van der Waals surface area (Å²) >= 11 is 0. The van der Waals surface area contributed by atoms with E-state index in [0.29, 0.717) is 24.7 Å². The van der Waals surface area contributed by atoms with Crippen molar-refractivity contribution in [2.75, 3.05) is 13.2 Å². The Kier molecular flexibility index (Phi) is 3.92. The highest BCUT2D eigenvalue weighted by Crippen LogP contribution is 2.26. The SMILES string of the molecule is Cc1cccc2nc(C(=O)N(CCCO)C3CCC3)cn12. The lowest BCUT2D eigenvalue weighted by atomic mass is 9.91. The van der Waals surface area contributed by atoms with Crippen LogP contribution in [0.2, 0.25) is 0 Å². The third-order valence-corrected chi connectivity index (χ3v) is 4.25. The predicted octanol–water partition coefficient (Wildman–Crippen LogP) is 2.02. The van der Waals surface area contributed by atoms with Gasteiger partial charge in [-0.3, -0.25) is 4.79 Å². The summed E-state index contributed by atoms with van der Waals surface area (Å²) in [6, 6.07) is 6.17. The van der Waals surface area contributed by atoms with Gasteiger partial charge in [0.15, 0.2) is 0 Å². The molecule has 1 amide bonds. The Morgan fingerprint density at radius 2 is 2.29 bits per heavy atom. The number of aliphatic hydroxyl groups is 1. The van der Waals surface area contributed by atoms with E-state index >= 15 is 0 Å². The normalized spacial score (nSPS) is 15.1. The molecule has 3 rings (SSSR count). The second kappa shape index (κ2) is 5.85. The maximum Gasteiger partial charge on any atom is 0.274 e. The van der Waals surface area contributed by atoms with Crippen LogP contribution in [-0.2, 0) is 0 Å². The number of pyridine rings is 1. The van der Waals surface area contributed by atoms with Gasteiger partial charge in [-0.1, -0.05) is 6.07 Å².